The number of unbranched alkanes of at least 4 members (excludes halogenated alkanes) is 12. The third kappa shape index (κ3) is 28.0. The van der Waals surface area contributed by atoms with E-state index in [4.69, 9.17) is 28.4 Å². The summed E-state index contributed by atoms with van der Waals surface area (Å²) in [6.45, 7) is 1.48. The molecule has 12 N–H and O–H groups in total. The van der Waals surface area contributed by atoms with Crippen molar-refractivity contribution >= 4 is 5.91 Å². The Kier molecular flexibility index (Phi) is 39.3. The standard InChI is InChI=1S/C62H103NO18/c1-3-5-7-9-11-13-14-15-16-17-18-19-20-21-22-23-24-25-26-27-28-29-30-32-34-36-38-40-50(68)63-45(46(67)39-37-35-33-31-12-10-8-6-4-2)44-76-60-56(74)53(71)58(48(42-65)78-60)81-62-57(75)54(72)59(49(43-66)79-62)80-61-55(73)52(70)51(69)47(41-64)77-61/h5,7,11-13,15-16,18-19,21-22,24-25,31,37,39,45-49,51-62,64-67,69-75H,3-4,6,8-10,14,17,20,23,26-30,32-36,38,40-44H2,1-2H3,(H,63,68)/b7-5-,13-11-,16-15-,19-18-,22-21-,25-24-,31-12+,39-37+. The number of hydrogen-bond acceptors (Lipinski definition) is 18. The molecule has 3 saturated heterocycles. The predicted octanol–water partition coefficient (Wildman–Crippen LogP) is 5.37. The SMILES string of the molecule is CC/C=C\C/C=C\C/C=C\C/C=C\C/C=C\C/C=C\CCCCCCCCCCC(=O)NC(COC1OC(CO)C(OC2OC(CO)C(OC3OC(CO)C(O)C(O)C3O)C(O)C2O)C(O)C1O)C(O)/C=C/CC/C=C/CCCCC. The van der Waals surface area contributed by atoms with Crippen LogP contribution in [0.3, 0.4) is 0 Å². The Bertz CT molecular complexity index is 1850. The molecule has 0 bridgehead atoms. The van der Waals surface area contributed by atoms with E-state index in [1.807, 2.05) is 6.08 Å². The van der Waals surface area contributed by atoms with Gasteiger partial charge in [0.2, 0.25) is 5.91 Å². The Morgan fingerprint density at radius 1 is 0.457 bits per heavy atom. The van der Waals surface area contributed by atoms with Crippen molar-refractivity contribution in [3.8, 4) is 0 Å². The van der Waals surface area contributed by atoms with Crippen molar-refractivity contribution in [2.24, 2.45) is 0 Å². The van der Waals surface area contributed by atoms with E-state index in [9.17, 15) is 61.0 Å². The van der Waals surface area contributed by atoms with Gasteiger partial charge in [0.1, 0.15) is 73.2 Å². The van der Waals surface area contributed by atoms with Crippen LogP contribution in [0.4, 0.5) is 0 Å². The maximum absolute atomic E-state index is 13.3. The summed E-state index contributed by atoms with van der Waals surface area (Å²) in [5.74, 6) is -0.303. The molecular weight excluding hydrogens is 1050 g/mol. The molecule has 19 nitrogen and oxygen atoms in total. The van der Waals surface area contributed by atoms with E-state index in [0.29, 0.717) is 12.8 Å². The molecule has 81 heavy (non-hydrogen) atoms. The molecule has 3 aliphatic rings. The van der Waals surface area contributed by atoms with E-state index < -0.39 is 124 Å². The van der Waals surface area contributed by atoms with Crippen molar-refractivity contribution in [2.75, 3.05) is 26.4 Å². The fraction of sp³-hybridized carbons (Fsp3) is 0.726. The molecule has 0 spiro atoms. The van der Waals surface area contributed by atoms with Crippen molar-refractivity contribution in [1.29, 1.82) is 0 Å². The van der Waals surface area contributed by atoms with Crippen LogP contribution in [0.25, 0.3) is 0 Å². The molecule has 0 aliphatic carbocycles. The van der Waals surface area contributed by atoms with Crippen LogP contribution in [-0.4, -0.2) is 193 Å². The van der Waals surface area contributed by atoms with E-state index in [0.717, 1.165) is 109 Å². The zero-order chi connectivity index (χ0) is 59.0. The lowest BCUT2D eigenvalue weighted by Crippen LogP contribution is -2.66. The number of carbonyl (C=O) groups excluding carboxylic acids is 1. The van der Waals surface area contributed by atoms with Gasteiger partial charge in [-0.1, -0.05) is 162 Å². The molecule has 0 aromatic heterocycles. The summed E-state index contributed by atoms with van der Waals surface area (Å²) >= 11 is 0. The Balaban J connectivity index is 1.43. The molecule has 3 heterocycles. The van der Waals surface area contributed by atoms with Gasteiger partial charge in [-0.2, -0.15) is 0 Å². The van der Waals surface area contributed by atoms with Crippen molar-refractivity contribution in [3.05, 3.63) is 97.2 Å². The van der Waals surface area contributed by atoms with Gasteiger partial charge < -0.3 is 89.9 Å². The van der Waals surface area contributed by atoms with Gasteiger partial charge in [0.15, 0.2) is 18.9 Å². The van der Waals surface area contributed by atoms with E-state index in [1.165, 1.54) is 12.8 Å². The lowest BCUT2D eigenvalue weighted by molar-refractivity contribution is -0.379. The molecule has 0 aromatic carbocycles. The van der Waals surface area contributed by atoms with Gasteiger partial charge in [-0.3, -0.25) is 4.79 Å². The normalized spacial score (nSPS) is 30.5. The molecule has 17 unspecified atom stereocenters. The van der Waals surface area contributed by atoms with Crippen LogP contribution in [0.2, 0.25) is 0 Å². The summed E-state index contributed by atoms with van der Waals surface area (Å²) < 4.78 is 34.1. The Labute approximate surface area is 482 Å². The van der Waals surface area contributed by atoms with Crippen LogP contribution >= 0.6 is 0 Å². The molecule has 0 saturated carbocycles. The Morgan fingerprint density at radius 2 is 0.864 bits per heavy atom. The first kappa shape index (κ1) is 72.0. The van der Waals surface area contributed by atoms with Crippen LogP contribution in [0.1, 0.15) is 155 Å². The van der Waals surface area contributed by atoms with E-state index in [2.05, 4.69) is 104 Å². The first-order valence-corrected chi connectivity index (χ1v) is 30.0. The molecule has 3 rings (SSSR count). The molecule has 17 atom stereocenters. The Hall–Kier alpha value is -3.29. The molecule has 3 aliphatic heterocycles. The second-order valence-electron chi connectivity index (χ2n) is 21.1. The van der Waals surface area contributed by atoms with Crippen molar-refractivity contribution < 1.29 is 89.4 Å². The second-order valence-corrected chi connectivity index (χ2v) is 21.1. The van der Waals surface area contributed by atoms with Gasteiger partial charge in [-0.25, -0.2) is 0 Å². The summed E-state index contributed by atoms with van der Waals surface area (Å²) in [6, 6.07) is -0.999. The third-order valence-electron chi connectivity index (χ3n) is 14.4. The predicted molar refractivity (Wildman–Crippen MR) is 309 cm³/mol. The number of allylic oxidation sites excluding steroid dienone is 15. The zero-order valence-corrected chi connectivity index (χ0v) is 48.2. The average Bonchev–Trinajstić information content (AvgIpc) is 3.47. The van der Waals surface area contributed by atoms with Crippen molar-refractivity contribution in [3.63, 3.8) is 0 Å². The molecule has 3 fully saturated rings. The van der Waals surface area contributed by atoms with Gasteiger partial charge in [0, 0.05) is 6.42 Å². The van der Waals surface area contributed by atoms with Gasteiger partial charge >= 0.3 is 0 Å². The van der Waals surface area contributed by atoms with E-state index in [1.54, 1.807) is 6.08 Å². The first-order chi connectivity index (χ1) is 39.3. The number of amides is 1. The van der Waals surface area contributed by atoms with Gasteiger partial charge in [-0.05, 0) is 83.5 Å². The average molecular weight is 1150 g/mol. The number of nitrogens with one attached hydrogen (secondary N) is 1. The maximum atomic E-state index is 13.3. The molecule has 464 valence electrons. The summed E-state index contributed by atoms with van der Waals surface area (Å²) in [4.78, 5) is 13.3. The highest BCUT2D eigenvalue weighted by atomic mass is 16.8. The van der Waals surface area contributed by atoms with Gasteiger partial charge in [-0.15, -0.1) is 0 Å². The molecule has 1 amide bonds. The maximum Gasteiger partial charge on any atom is 0.220 e. The lowest BCUT2D eigenvalue weighted by atomic mass is 9.96. The molecule has 0 aromatic rings. The molecule has 19 heteroatoms. The molecular formula is C62H103NO18. The summed E-state index contributed by atoms with van der Waals surface area (Å²) in [5.41, 5.74) is 0. The number of aliphatic hydroxyl groups is 11. The van der Waals surface area contributed by atoms with Crippen molar-refractivity contribution in [1.82, 2.24) is 5.32 Å². The third-order valence-corrected chi connectivity index (χ3v) is 14.4. The highest BCUT2D eigenvalue weighted by Gasteiger charge is 2.53. The Morgan fingerprint density at radius 3 is 1.38 bits per heavy atom. The first-order valence-electron chi connectivity index (χ1n) is 30.0. The highest BCUT2D eigenvalue weighted by molar-refractivity contribution is 5.76. The summed E-state index contributed by atoms with van der Waals surface area (Å²) in [6.07, 6.45) is 28.5. The number of aliphatic hydroxyl groups excluding tert-OH is 11. The van der Waals surface area contributed by atoms with Crippen LogP contribution < -0.4 is 5.32 Å². The monoisotopic (exact) mass is 1150 g/mol. The van der Waals surface area contributed by atoms with Crippen LogP contribution in [0, 0.1) is 0 Å². The van der Waals surface area contributed by atoms with Crippen LogP contribution in [-0.2, 0) is 33.2 Å². The minimum Gasteiger partial charge on any atom is -0.394 e. The van der Waals surface area contributed by atoms with Crippen molar-refractivity contribution in [2.45, 2.75) is 259 Å². The number of hydrogen-bond donors (Lipinski definition) is 12. The summed E-state index contributed by atoms with van der Waals surface area (Å²) in [5, 5.41) is 120. The molecule has 0 radical (unpaired) electrons. The van der Waals surface area contributed by atoms with Gasteiger partial charge in [0.05, 0.1) is 38.6 Å². The topological polar surface area (TPSA) is 307 Å². The quantitative estimate of drug-likeness (QED) is 0.0270. The number of rotatable bonds is 42. The largest absolute Gasteiger partial charge is 0.394 e. The number of ether oxygens (including phenoxy) is 6. The zero-order valence-electron chi connectivity index (χ0n) is 48.2. The van der Waals surface area contributed by atoms with Crippen LogP contribution in [0.15, 0.2) is 97.2 Å². The number of carbonyl (C=O) groups is 1. The smallest absolute Gasteiger partial charge is 0.220 e. The minimum atomic E-state index is -1.98. The minimum absolute atomic E-state index is 0.218. The summed E-state index contributed by atoms with van der Waals surface area (Å²) in [7, 11) is 0. The highest BCUT2D eigenvalue weighted by Crippen LogP contribution is 2.33. The van der Waals surface area contributed by atoms with Gasteiger partial charge in [0.25, 0.3) is 0 Å². The van der Waals surface area contributed by atoms with E-state index >= 15 is 0 Å². The van der Waals surface area contributed by atoms with E-state index in [-0.39, 0.29) is 18.9 Å². The fourth-order valence-corrected chi connectivity index (χ4v) is 9.44. The lowest BCUT2D eigenvalue weighted by Gasteiger charge is -2.48. The second kappa shape index (κ2) is 44.2. The van der Waals surface area contributed by atoms with Crippen LogP contribution in [0.5, 0.6) is 0 Å². The fourth-order valence-electron chi connectivity index (χ4n) is 9.44.